The molecule has 1 spiro atoms. The highest BCUT2D eigenvalue weighted by Crippen LogP contribution is 2.64. The lowest BCUT2D eigenvalue weighted by molar-refractivity contribution is 0.794. The first kappa shape index (κ1) is 36.4. The highest BCUT2D eigenvalue weighted by atomic mass is 32.1. The fourth-order valence-corrected chi connectivity index (χ4v) is 12.5. The van der Waals surface area contributed by atoms with E-state index in [1.54, 1.807) is 0 Å². The molecule has 11 aromatic carbocycles. The minimum Gasteiger partial charge on any atom is -0.310 e. The molecule has 2 heteroatoms. The van der Waals surface area contributed by atoms with Crippen LogP contribution >= 0.6 is 11.3 Å². The summed E-state index contributed by atoms with van der Waals surface area (Å²) in [6.45, 7) is 0. The van der Waals surface area contributed by atoms with Crippen LogP contribution in [0.2, 0.25) is 0 Å². The molecule has 1 nitrogen and oxygen atoms in total. The Hall–Kier alpha value is -8.04. The van der Waals surface area contributed by atoms with Gasteiger partial charge in [0.15, 0.2) is 0 Å². The first-order valence-corrected chi connectivity index (χ1v) is 23.3. The molecule has 12 aromatic rings. The van der Waals surface area contributed by atoms with Crippen molar-refractivity contribution < 1.29 is 0 Å². The van der Waals surface area contributed by atoms with E-state index in [0.29, 0.717) is 0 Å². The van der Waals surface area contributed by atoms with Crippen LogP contribution in [0.4, 0.5) is 17.1 Å². The zero-order valence-electron chi connectivity index (χ0n) is 35.4. The number of fused-ring (bicyclic) bond motifs is 16. The van der Waals surface area contributed by atoms with Gasteiger partial charge in [-0.3, -0.25) is 0 Å². The maximum Gasteiger partial charge on any atom is 0.0726 e. The zero-order chi connectivity index (χ0) is 42.6. The second-order valence-electron chi connectivity index (χ2n) is 17.5. The van der Waals surface area contributed by atoms with Crippen molar-refractivity contribution in [3.05, 3.63) is 259 Å². The highest BCUT2D eigenvalue weighted by molar-refractivity contribution is 7.25. The second-order valence-corrected chi connectivity index (χ2v) is 18.6. The van der Waals surface area contributed by atoms with Gasteiger partial charge in [0.25, 0.3) is 0 Å². The van der Waals surface area contributed by atoms with E-state index >= 15 is 0 Å². The van der Waals surface area contributed by atoms with Crippen LogP contribution in [0.25, 0.3) is 86.2 Å². The molecule has 0 saturated heterocycles. The van der Waals surface area contributed by atoms with Crippen molar-refractivity contribution in [3.63, 3.8) is 0 Å². The molecule has 0 atom stereocenters. The largest absolute Gasteiger partial charge is 0.310 e. The van der Waals surface area contributed by atoms with Crippen molar-refractivity contribution in [2.24, 2.45) is 0 Å². The summed E-state index contributed by atoms with van der Waals surface area (Å²) >= 11 is 1.86. The van der Waals surface area contributed by atoms with E-state index in [1.165, 1.54) is 108 Å². The van der Waals surface area contributed by atoms with E-state index in [0.717, 1.165) is 17.1 Å². The molecule has 65 heavy (non-hydrogen) atoms. The van der Waals surface area contributed by atoms with Gasteiger partial charge in [-0.05, 0) is 137 Å². The Balaban J connectivity index is 0.945. The smallest absolute Gasteiger partial charge is 0.0726 e. The Labute approximate surface area is 381 Å². The van der Waals surface area contributed by atoms with E-state index < -0.39 is 5.41 Å². The van der Waals surface area contributed by atoms with Crippen LogP contribution in [0.3, 0.4) is 0 Å². The van der Waals surface area contributed by atoms with Crippen molar-refractivity contribution in [3.8, 4) is 44.5 Å². The first-order chi connectivity index (χ1) is 32.2. The van der Waals surface area contributed by atoms with Crippen LogP contribution in [-0.4, -0.2) is 0 Å². The molecule has 2 aliphatic rings. The Kier molecular flexibility index (Phi) is 7.84. The third-order valence-electron chi connectivity index (χ3n) is 14.3. The van der Waals surface area contributed by atoms with Gasteiger partial charge in [0.1, 0.15) is 0 Å². The van der Waals surface area contributed by atoms with E-state index in [-0.39, 0.29) is 0 Å². The Morgan fingerprint density at radius 3 is 1.54 bits per heavy atom. The summed E-state index contributed by atoms with van der Waals surface area (Å²) in [4.78, 5) is 2.48. The summed E-state index contributed by atoms with van der Waals surface area (Å²) in [5.74, 6) is 0. The predicted octanol–water partition coefficient (Wildman–Crippen LogP) is 17.5. The number of rotatable bonds is 5. The minimum atomic E-state index is -0.430. The van der Waals surface area contributed by atoms with E-state index in [2.05, 4.69) is 241 Å². The van der Waals surface area contributed by atoms with Crippen LogP contribution in [-0.2, 0) is 5.41 Å². The second kappa shape index (κ2) is 14.0. The monoisotopic (exact) mass is 841 g/mol. The molecule has 0 unspecified atom stereocenters. The molecule has 14 rings (SSSR count). The summed E-state index contributed by atoms with van der Waals surface area (Å²) in [5.41, 5.74) is 18.3. The molecule has 0 saturated carbocycles. The SMILES string of the molecule is c1ccc2c(c1)-c1ccccc1C21c2ccccc2-c2c(N(c3ccc(-c4ccc5c(ccc6ccccc65)c4)cc3)c3ccc(-c4ccc5sc6ccccc6c5c4)cc3)cccc21. The predicted molar refractivity (Wildman–Crippen MR) is 276 cm³/mol. The summed E-state index contributed by atoms with van der Waals surface area (Å²) in [6, 6.07) is 88.4. The summed E-state index contributed by atoms with van der Waals surface area (Å²) in [5, 5.41) is 7.73. The average Bonchev–Trinajstić information content (AvgIpc) is 4.01. The normalized spacial score (nSPS) is 13.0. The lowest BCUT2D eigenvalue weighted by Crippen LogP contribution is -2.26. The van der Waals surface area contributed by atoms with Gasteiger partial charge in [0.05, 0.1) is 11.1 Å². The van der Waals surface area contributed by atoms with Gasteiger partial charge in [0.2, 0.25) is 0 Å². The third kappa shape index (κ3) is 5.26. The maximum absolute atomic E-state index is 2.48. The van der Waals surface area contributed by atoms with Gasteiger partial charge >= 0.3 is 0 Å². The topological polar surface area (TPSA) is 3.24 Å². The average molecular weight is 842 g/mol. The van der Waals surface area contributed by atoms with E-state index in [9.17, 15) is 0 Å². The summed E-state index contributed by atoms with van der Waals surface area (Å²) < 4.78 is 2.65. The lowest BCUT2D eigenvalue weighted by atomic mass is 9.70. The van der Waals surface area contributed by atoms with Crippen LogP contribution in [0.15, 0.2) is 237 Å². The van der Waals surface area contributed by atoms with Crippen molar-refractivity contribution in [2.45, 2.75) is 5.41 Å². The Bertz CT molecular complexity index is 3850. The number of hydrogen-bond donors (Lipinski definition) is 0. The molecule has 0 fully saturated rings. The highest BCUT2D eigenvalue weighted by Gasteiger charge is 2.52. The number of anilines is 3. The minimum absolute atomic E-state index is 0.430. The number of hydrogen-bond acceptors (Lipinski definition) is 2. The standard InChI is InChI=1S/C63H39NS/c1-2-13-48-42(12-1)24-25-45-38-43(30-36-49(45)48)40-26-32-46(33-27-40)64(47-34-28-41(29-35-47)44-31-37-61-54(39-44)52-16-6-10-23-60(52)65-61)59-22-11-21-58-62(59)53-17-5-9-20-57(53)63(58)55-18-7-3-14-50(55)51-15-4-8-19-56(51)63/h1-39H. The van der Waals surface area contributed by atoms with Gasteiger partial charge in [-0.2, -0.15) is 0 Å². The molecule has 1 aromatic heterocycles. The quantitative estimate of drug-likeness (QED) is 0.156. The lowest BCUT2D eigenvalue weighted by Gasteiger charge is -2.32. The Morgan fingerprint density at radius 1 is 0.308 bits per heavy atom. The van der Waals surface area contributed by atoms with Crippen molar-refractivity contribution in [1.29, 1.82) is 0 Å². The molecular formula is C63H39NS. The van der Waals surface area contributed by atoms with Gasteiger partial charge < -0.3 is 4.90 Å². The van der Waals surface area contributed by atoms with Gasteiger partial charge in [-0.25, -0.2) is 0 Å². The molecular weight excluding hydrogens is 803 g/mol. The van der Waals surface area contributed by atoms with Crippen molar-refractivity contribution in [2.75, 3.05) is 4.90 Å². The van der Waals surface area contributed by atoms with Crippen LogP contribution in [0.1, 0.15) is 22.3 Å². The summed E-state index contributed by atoms with van der Waals surface area (Å²) in [6.07, 6.45) is 0. The molecule has 1 heterocycles. The fourth-order valence-electron chi connectivity index (χ4n) is 11.4. The Morgan fingerprint density at radius 2 is 0.815 bits per heavy atom. The van der Waals surface area contributed by atoms with Crippen molar-refractivity contribution in [1.82, 2.24) is 0 Å². The van der Waals surface area contributed by atoms with E-state index in [1.807, 2.05) is 11.3 Å². The van der Waals surface area contributed by atoms with E-state index in [4.69, 9.17) is 0 Å². The molecule has 0 amide bonds. The number of benzene rings is 11. The molecule has 0 radical (unpaired) electrons. The molecule has 0 aliphatic heterocycles. The zero-order valence-corrected chi connectivity index (χ0v) is 36.2. The van der Waals surface area contributed by atoms with Gasteiger partial charge in [-0.15, -0.1) is 11.3 Å². The van der Waals surface area contributed by atoms with Crippen LogP contribution in [0, 0.1) is 0 Å². The summed E-state index contributed by atoms with van der Waals surface area (Å²) in [7, 11) is 0. The van der Waals surface area contributed by atoms with Gasteiger partial charge in [0, 0.05) is 37.1 Å². The van der Waals surface area contributed by atoms with Gasteiger partial charge in [-0.1, -0.05) is 182 Å². The van der Waals surface area contributed by atoms with Crippen LogP contribution in [0.5, 0.6) is 0 Å². The molecule has 0 N–H and O–H groups in total. The first-order valence-electron chi connectivity index (χ1n) is 22.5. The molecule has 2 aliphatic carbocycles. The van der Waals surface area contributed by atoms with Crippen LogP contribution < -0.4 is 4.90 Å². The number of thiophene rings is 1. The molecule has 0 bridgehead atoms. The van der Waals surface area contributed by atoms with Crippen molar-refractivity contribution >= 4 is 70.1 Å². The maximum atomic E-state index is 2.48. The molecule has 302 valence electrons. The number of nitrogens with zero attached hydrogens (tertiary/aromatic N) is 1. The fraction of sp³-hybridized carbons (Fsp3) is 0.0159. The third-order valence-corrected chi connectivity index (χ3v) is 15.4.